The van der Waals surface area contributed by atoms with Crippen LogP contribution in [0.25, 0.3) is 0 Å². The Balaban J connectivity index is 2.07. The van der Waals surface area contributed by atoms with E-state index in [0.29, 0.717) is 32.1 Å². The van der Waals surface area contributed by atoms with Crippen molar-refractivity contribution >= 4 is 40.5 Å². The van der Waals surface area contributed by atoms with Gasteiger partial charge in [-0.1, -0.05) is 46.9 Å². The number of hydrogen-bond acceptors (Lipinski definition) is 3. The predicted octanol–water partition coefficient (Wildman–Crippen LogP) is 4.34. The van der Waals surface area contributed by atoms with Crippen LogP contribution in [0.2, 0.25) is 15.1 Å². The first-order valence-electron chi connectivity index (χ1n) is 5.78. The molecule has 0 aliphatic heterocycles. The van der Waals surface area contributed by atoms with E-state index in [2.05, 4.69) is 0 Å². The van der Waals surface area contributed by atoms with Crippen LogP contribution in [-0.4, -0.2) is 11.7 Å². The average Bonchev–Trinajstić information content (AvgIpc) is 2.41. The van der Waals surface area contributed by atoms with Crippen LogP contribution in [0, 0.1) is 0 Å². The van der Waals surface area contributed by atoms with Crippen molar-refractivity contribution in [2.45, 2.75) is 6.10 Å². The molecule has 0 aliphatic rings. The summed E-state index contributed by atoms with van der Waals surface area (Å²) in [6, 6.07) is 9.96. The Kier molecular flexibility index (Phi) is 5.00. The normalized spacial score (nSPS) is 12.2. The lowest BCUT2D eigenvalue weighted by Crippen LogP contribution is -2.10. The number of aliphatic hydroxyl groups is 1. The Hall–Kier alpha value is -1.13. The second-order valence-corrected chi connectivity index (χ2v) is 5.42. The highest BCUT2D eigenvalue weighted by Crippen LogP contribution is 2.34. The number of nitrogens with two attached hydrogens (primary N) is 1. The zero-order valence-corrected chi connectivity index (χ0v) is 12.6. The van der Waals surface area contributed by atoms with Crippen molar-refractivity contribution in [3.8, 4) is 5.75 Å². The summed E-state index contributed by atoms with van der Waals surface area (Å²) in [4.78, 5) is 0. The van der Waals surface area contributed by atoms with E-state index in [-0.39, 0.29) is 6.61 Å². The summed E-state index contributed by atoms with van der Waals surface area (Å²) < 4.78 is 5.46. The first-order chi connectivity index (χ1) is 9.47. The highest BCUT2D eigenvalue weighted by atomic mass is 35.5. The predicted molar refractivity (Wildman–Crippen MR) is 82.8 cm³/mol. The zero-order valence-electron chi connectivity index (χ0n) is 10.3. The molecule has 3 N–H and O–H groups in total. The Morgan fingerprint density at radius 3 is 2.45 bits per heavy atom. The third-order valence-electron chi connectivity index (χ3n) is 2.67. The van der Waals surface area contributed by atoms with Gasteiger partial charge < -0.3 is 15.6 Å². The van der Waals surface area contributed by atoms with E-state index in [4.69, 9.17) is 45.3 Å². The number of benzene rings is 2. The highest BCUT2D eigenvalue weighted by molar-refractivity contribution is 6.43. The van der Waals surface area contributed by atoms with Gasteiger partial charge in [-0.2, -0.15) is 0 Å². The largest absolute Gasteiger partial charge is 0.489 e. The summed E-state index contributed by atoms with van der Waals surface area (Å²) in [6.07, 6.45) is -0.816. The van der Waals surface area contributed by atoms with Crippen LogP contribution >= 0.6 is 34.8 Å². The minimum absolute atomic E-state index is 0.0289. The highest BCUT2D eigenvalue weighted by Gasteiger charge is 2.12. The maximum atomic E-state index is 10.0. The summed E-state index contributed by atoms with van der Waals surface area (Å²) in [5.41, 5.74) is 6.90. The number of ether oxygens (including phenoxy) is 1. The van der Waals surface area contributed by atoms with E-state index in [1.807, 2.05) is 0 Å². The van der Waals surface area contributed by atoms with Crippen LogP contribution in [0.15, 0.2) is 36.4 Å². The maximum absolute atomic E-state index is 10.0. The average molecular weight is 333 g/mol. The molecule has 2 rings (SSSR count). The molecule has 0 spiro atoms. The van der Waals surface area contributed by atoms with E-state index in [0.717, 1.165) is 0 Å². The van der Waals surface area contributed by atoms with E-state index in [1.54, 1.807) is 24.3 Å². The van der Waals surface area contributed by atoms with Gasteiger partial charge in [0, 0.05) is 11.8 Å². The van der Waals surface area contributed by atoms with E-state index < -0.39 is 6.10 Å². The zero-order chi connectivity index (χ0) is 14.7. The van der Waals surface area contributed by atoms with Gasteiger partial charge in [0.05, 0.1) is 15.1 Å². The first kappa shape index (κ1) is 15.3. The van der Waals surface area contributed by atoms with Crippen LogP contribution < -0.4 is 10.5 Å². The monoisotopic (exact) mass is 331 g/mol. The van der Waals surface area contributed by atoms with E-state index in [1.165, 1.54) is 12.1 Å². The molecule has 1 unspecified atom stereocenters. The van der Waals surface area contributed by atoms with Gasteiger partial charge in [0.25, 0.3) is 0 Å². The Morgan fingerprint density at radius 1 is 1.05 bits per heavy atom. The molecular formula is C14H12Cl3NO2. The molecule has 0 heterocycles. The molecule has 3 nitrogen and oxygen atoms in total. The summed E-state index contributed by atoms with van der Waals surface area (Å²) in [6.45, 7) is 0.0289. The molecule has 2 aromatic rings. The molecule has 0 saturated carbocycles. The topological polar surface area (TPSA) is 55.5 Å². The van der Waals surface area contributed by atoms with Crippen molar-refractivity contribution in [1.82, 2.24) is 0 Å². The minimum atomic E-state index is -0.816. The van der Waals surface area contributed by atoms with Gasteiger partial charge in [-0.15, -0.1) is 0 Å². The van der Waals surface area contributed by atoms with Crippen molar-refractivity contribution in [3.05, 3.63) is 57.0 Å². The van der Waals surface area contributed by atoms with Gasteiger partial charge >= 0.3 is 0 Å². The van der Waals surface area contributed by atoms with Gasteiger partial charge in [-0.25, -0.2) is 0 Å². The lowest BCUT2D eigenvalue weighted by molar-refractivity contribution is 0.108. The van der Waals surface area contributed by atoms with Crippen molar-refractivity contribution in [2.75, 3.05) is 12.3 Å². The molecule has 6 heteroatoms. The second-order valence-electron chi connectivity index (χ2n) is 4.19. The summed E-state index contributed by atoms with van der Waals surface area (Å²) in [7, 11) is 0. The number of anilines is 1. The molecule has 2 aromatic carbocycles. The summed E-state index contributed by atoms with van der Waals surface area (Å²) in [5, 5.41) is 11.1. The van der Waals surface area contributed by atoms with Gasteiger partial charge in [0.2, 0.25) is 0 Å². The first-order valence-corrected chi connectivity index (χ1v) is 6.91. The number of hydrogen-bond donors (Lipinski definition) is 2. The van der Waals surface area contributed by atoms with Gasteiger partial charge in [0.1, 0.15) is 18.5 Å². The maximum Gasteiger partial charge on any atom is 0.139 e. The van der Waals surface area contributed by atoms with E-state index >= 15 is 0 Å². The SMILES string of the molecule is Nc1cccc(C(O)COc2cc(Cl)c(Cl)cc2Cl)c1. The fourth-order valence-corrected chi connectivity index (χ4v) is 2.24. The molecule has 20 heavy (non-hydrogen) atoms. The number of rotatable bonds is 4. The van der Waals surface area contributed by atoms with Crippen LogP contribution in [-0.2, 0) is 0 Å². The Labute approximate surface area is 131 Å². The van der Waals surface area contributed by atoms with Crippen molar-refractivity contribution in [1.29, 1.82) is 0 Å². The van der Waals surface area contributed by atoms with Gasteiger partial charge in [-0.3, -0.25) is 0 Å². The van der Waals surface area contributed by atoms with Crippen molar-refractivity contribution < 1.29 is 9.84 Å². The molecule has 0 saturated heterocycles. The van der Waals surface area contributed by atoms with Crippen LogP contribution in [0.5, 0.6) is 5.75 Å². The minimum Gasteiger partial charge on any atom is -0.489 e. The molecule has 106 valence electrons. The van der Waals surface area contributed by atoms with Crippen molar-refractivity contribution in [2.24, 2.45) is 0 Å². The number of halogens is 3. The second kappa shape index (κ2) is 6.55. The number of nitrogen functional groups attached to an aromatic ring is 1. The third kappa shape index (κ3) is 3.70. The fourth-order valence-electron chi connectivity index (χ4n) is 1.65. The molecule has 0 aliphatic carbocycles. The van der Waals surface area contributed by atoms with Crippen LogP contribution in [0.4, 0.5) is 5.69 Å². The quantitative estimate of drug-likeness (QED) is 0.647. The summed E-state index contributed by atoms with van der Waals surface area (Å²) >= 11 is 17.7. The molecule has 0 bridgehead atoms. The molecule has 0 aromatic heterocycles. The number of aliphatic hydroxyl groups excluding tert-OH is 1. The van der Waals surface area contributed by atoms with Crippen LogP contribution in [0.3, 0.4) is 0 Å². The molecule has 0 amide bonds. The standard InChI is InChI=1S/C14H12Cl3NO2/c15-10-5-12(17)14(6-11(10)16)20-7-13(19)8-2-1-3-9(18)4-8/h1-6,13,19H,7,18H2. The Morgan fingerprint density at radius 2 is 1.75 bits per heavy atom. The smallest absolute Gasteiger partial charge is 0.139 e. The van der Waals surface area contributed by atoms with E-state index in [9.17, 15) is 5.11 Å². The molecule has 0 radical (unpaired) electrons. The summed E-state index contributed by atoms with van der Waals surface area (Å²) in [5.74, 6) is 0.365. The van der Waals surface area contributed by atoms with Crippen molar-refractivity contribution in [3.63, 3.8) is 0 Å². The molecule has 0 fully saturated rings. The Bertz CT molecular complexity index is 619. The molecular weight excluding hydrogens is 321 g/mol. The van der Waals surface area contributed by atoms with Crippen LogP contribution in [0.1, 0.15) is 11.7 Å². The lowest BCUT2D eigenvalue weighted by Gasteiger charge is -2.14. The lowest BCUT2D eigenvalue weighted by atomic mass is 10.1. The molecule has 1 atom stereocenters. The van der Waals surface area contributed by atoms with Gasteiger partial charge in [-0.05, 0) is 23.8 Å². The fraction of sp³-hybridized carbons (Fsp3) is 0.143. The third-order valence-corrected chi connectivity index (χ3v) is 3.68. The van der Waals surface area contributed by atoms with Gasteiger partial charge in [0.15, 0.2) is 0 Å².